The molecular formula is C34H51N3O6. The Labute approximate surface area is 257 Å². The summed E-state index contributed by atoms with van der Waals surface area (Å²) in [5, 5.41) is 22.0. The molecule has 0 unspecified atom stereocenters. The van der Waals surface area contributed by atoms with Crippen LogP contribution in [0.25, 0.3) is 0 Å². The molecule has 238 valence electrons. The van der Waals surface area contributed by atoms with Gasteiger partial charge in [-0.05, 0) is 71.2 Å². The minimum Gasteiger partial charge on any atom is -0.457 e. The van der Waals surface area contributed by atoms with Gasteiger partial charge in [-0.15, -0.1) is 0 Å². The Morgan fingerprint density at radius 2 is 1.91 bits per heavy atom. The Balaban J connectivity index is 1.79. The maximum absolute atomic E-state index is 13.2. The van der Waals surface area contributed by atoms with E-state index in [1.165, 1.54) is 0 Å². The number of carbonyl (C=O) groups is 2. The first kappa shape index (κ1) is 34.5. The fourth-order valence-electron chi connectivity index (χ4n) is 5.41. The van der Waals surface area contributed by atoms with Crippen molar-refractivity contribution in [2.75, 3.05) is 26.2 Å². The molecule has 43 heavy (non-hydrogen) atoms. The van der Waals surface area contributed by atoms with E-state index in [0.29, 0.717) is 13.1 Å². The number of pyridine rings is 1. The van der Waals surface area contributed by atoms with Crippen LogP contribution in [-0.2, 0) is 14.3 Å². The number of cyclic esters (lactones) is 1. The van der Waals surface area contributed by atoms with Crippen molar-refractivity contribution in [2.45, 2.75) is 103 Å². The average molecular weight is 598 g/mol. The van der Waals surface area contributed by atoms with Gasteiger partial charge >= 0.3 is 12.1 Å². The highest BCUT2D eigenvalue weighted by atomic mass is 16.6. The smallest absolute Gasteiger partial charge is 0.410 e. The van der Waals surface area contributed by atoms with Crippen LogP contribution >= 0.6 is 0 Å². The monoisotopic (exact) mass is 597 g/mol. The highest BCUT2D eigenvalue weighted by Crippen LogP contribution is 2.28. The fourth-order valence-corrected chi connectivity index (χ4v) is 5.41. The first-order valence-electron chi connectivity index (χ1n) is 15.4. The molecule has 2 N–H and O–H groups in total. The van der Waals surface area contributed by atoms with Crippen LogP contribution in [-0.4, -0.2) is 92.7 Å². The van der Waals surface area contributed by atoms with Gasteiger partial charge in [0.05, 0.1) is 12.5 Å². The van der Waals surface area contributed by atoms with Gasteiger partial charge in [-0.2, -0.15) is 0 Å². The largest absolute Gasteiger partial charge is 0.457 e. The molecular weight excluding hydrogens is 546 g/mol. The number of carbonyl (C=O) groups excluding carboxylic acids is 2. The Morgan fingerprint density at radius 1 is 1.21 bits per heavy atom. The third-order valence-corrected chi connectivity index (χ3v) is 8.40. The topological polar surface area (TPSA) is 112 Å². The molecule has 0 spiro atoms. The number of amides is 1. The summed E-state index contributed by atoms with van der Waals surface area (Å²) in [6.45, 7) is 16.5. The van der Waals surface area contributed by atoms with Gasteiger partial charge < -0.3 is 24.6 Å². The van der Waals surface area contributed by atoms with Gasteiger partial charge in [0.1, 0.15) is 11.7 Å². The molecule has 2 aliphatic rings. The van der Waals surface area contributed by atoms with Gasteiger partial charge in [0.25, 0.3) is 0 Å². The van der Waals surface area contributed by atoms with Crippen molar-refractivity contribution >= 4 is 12.1 Å². The number of esters is 1. The zero-order chi connectivity index (χ0) is 31.8. The van der Waals surface area contributed by atoms with Crippen LogP contribution in [0, 0.1) is 5.92 Å². The third-order valence-electron chi connectivity index (χ3n) is 8.40. The van der Waals surface area contributed by atoms with E-state index < -0.39 is 36.0 Å². The Kier molecular flexibility index (Phi) is 12.1. The van der Waals surface area contributed by atoms with Gasteiger partial charge in [-0.1, -0.05) is 44.2 Å². The van der Waals surface area contributed by atoms with E-state index in [-0.39, 0.29) is 36.6 Å². The van der Waals surface area contributed by atoms with E-state index >= 15 is 0 Å². The van der Waals surface area contributed by atoms with E-state index in [9.17, 15) is 19.8 Å². The first-order valence-corrected chi connectivity index (χ1v) is 15.4. The lowest BCUT2D eigenvalue weighted by atomic mass is 9.88. The highest BCUT2D eigenvalue weighted by molar-refractivity contribution is 5.70. The van der Waals surface area contributed by atoms with E-state index in [4.69, 9.17) is 9.47 Å². The van der Waals surface area contributed by atoms with Crippen LogP contribution in [0.4, 0.5) is 4.79 Å². The van der Waals surface area contributed by atoms with Gasteiger partial charge in [0, 0.05) is 55.4 Å². The molecule has 6 atom stereocenters. The molecule has 0 radical (unpaired) electrons. The molecule has 0 aromatic carbocycles. The maximum atomic E-state index is 13.2. The van der Waals surface area contributed by atoms with Crippen LogP contribution in [0.3, 0.4) is 0 Å². The van der Waals surface area contributed by atoms with Crippen molar-refractivity contribution < 1.29 is 29.3 Å². The van der Waals surface area contributed by atoms with Crippen molar-refractivity contribution in [3.8, 4) is 0 Å². The number of aliphatic hydroxyl groups is 2. The summed E-state index contributed by atoms with van der Waals surface area (Å²) in [6, 6.07) is 5.81. The Hall–Kier alpha value is -3.01. The molecule has 9 nitrogen and oxygen atoms in total. The zero-order valence-electron chi connectivity index (χ0n) is 26.9. The van der Waals surface area contributed by atoms with Gasteiger partial charge in [-0.3, -0.25) is 14.7 Å². The van der Waals surface area contributed by atoms with E-state index in [0.717, 1.165) is 24.4 Å². The molecule has 1 aromatic heterocycles. The number of aliphatic hydroxyl groups excluding tert-OH is 1. The summed E-state index contributed by atoms with van der Waals surface area (Å²) in [4.78, 5) is 34.4. The summed E-state index contributed by atoms with van der Waals surface area (Å²) >= 11 is 0. The number of rotatable bonds is 5. The highest BCUT2D eigenvalue weighted by Gasteiger charge is 2.37. The van der Waals surface area contributed by atoms with Crippen LogP contribution in [0.2, 0.25) is 0 Å². The Bertz CT molecular complexity index is 1150. The average Bonchev–Trinajstić information content (AvgIpc) is 2.96. The van der Waals surface area contributed by atoms with Crippen LogP contribution in [0.1, 0.15) is 79.3 Å². The lowest BCUT2D eigenvalue weighted by Gasteiger charge is -2.42. The third kappa shape index (κ3) is 10.3. The molecule has 0 bridgehead atoms. The summed E-state index contributed by atoms with van der Waals surface area (Å²) in [5.74, 6) is -0.703. The van der Waals surface area contributed by atoms with Crippen molar-refractivity contribution in [2.24, 2.45) is 5.92 Å². The molecule has 1 fully saturated rings. The van der Waals surface area contributed by atoms with Crippen molar-refractivity contribution in [1.29, 1.82) is 0 Å². The predicted molar refractivity (Wildman–Crippen MR) is 167 cm³/mol. The summed E-state index contributed by atoms with van der Waals surface area (Å²) in [7, 11) is 0. The van der Waals surface area contributed by atoms with E-state index in [1.807, 2.05) is 56.4 Å². The summed E-state index contributed by atoms with van der Waals surface area (Å²) in [6.07, 6.45) is 8.22. The van der Waals surface area contributed by atoms with Gasteiger partial charge in [0.2, 0.25) is 0 Å². The van der Waals surface area contributed by atoms with Crippen LogP contribution in [0.15, 0.2) is 60.3 Å². The number of allylic oxidation sites excluding steroid dienone is 3. The number of hydrogen-bond donors (Lipinski definition) is 2. The second-order valence-corrected chi connectivity index (χ2v) is 13.2. The number of hydrogen-bond acceptors (Lipinski definition) is 8. The van der Waals surface area contributed by atoms with Crippen molar-refractivity contribution in [1.82, 2.24) is 14.8 Å². The standard InChI is InChI=1S/C34H51N3O6/c1-24(28-13-8-9-18-35-28)11-10-12-25(2)31-26(3)14-15-29(34(7,41)17-16-27(38)23-30(39)43-31)42-32(40)36-19-21-37(22-20-36)33(4,5)6/h8-15,18,24,26-27,29,31,38,41H,16-17,19-23H2,1-7H3/b11-10+,15-14+,25-12+/t24-,26-,27-,29-,31+,34-/m0/s1. The summed E-state index contributed by atoms with van der Waals surface area (Å²) < 4.78 is 11.8. The minimum absolute atomic E-state index is 0.0204. The molecule has 1 saturated heterocycles. The lowest BCUT2D eigenvalue weighted by Crippen LogP contribution is -2.55. The lowest BCUT2D eigenvalue weighted by molar-refractivity contribution is -0.151. The van der Waals surface area contributed by atoms with Crippen molar-refractivity contribution in [3.63, 3.8) is 0 Å². The van der Waals surface area contributed by atoms with Gasteiger partial charge in [0.15, 0.2) is 6.10 Å². The van der Waals surface area contributed by atoms with Crippen molar-refractivity contribution in [3.05, 3.63) is 66.0 Å². The fraction of sp³-hybridized carbons (Fsp3) is 0.618. The SMILES string of the molecule is C/C(=C\C=C\[C@H](C)c1ccccn1)[C@H]1OC(=O)C[C@@H](O)CC[C@](C)(O)[C@@H](OC(=O)N2CCN(C(C)(C)C)CC2)/C=C/[C@@H]1C. The minimum atomic E-state index is -1.45. The molecule has 2 aliphatic heterocycles. The summed E-state index contributed by atoms with van der Waals surface area (Å²) in [5.41, 5.74) is 0.343. The second kappa shape index (κ2) is 15.1. The number of nitrogens with zero attached hydrogens (tertiary/aromatic N) is 3. The number of aromatic nitrogens is 1. The maximum Gasteiger partial charge on any atom is 0.410 e. The predicted octanol–water partition coefficient (Wildman–Crippen LogP) is 5.01. The second-order valence-electron chi connectivity index (χ2n) is 13.2. The van der Waals surface area contributed by atoms with E-state index in [1.54, 1.807) is 24.1 Å². The molecule has 3 rings (SSSR count). The number of piperazine rings is 1. The first-order chi connectivity index (χ1) is 20.2. The zero-order valence-corrected chi connectivity index (χ0v) is 26.9. The van der Waals surface area contributed by atoms with E-state index in [2.05, 4.69) is 37.6 Å². The number of ether oxygens (including phenoxy) is 2. The molecule has 9 heteroatoms. The Morgan fingerprint density at radius 3 is 2.53 bits per heavy atom. The van der Waals surface area contributed by atoms with Gasteiger partial charge in [-0.25, -0.2) is 4.79 Å². The molecule has 3 heterocycles. The quantitative estimate of drug-likeness (QED) is 0.277. The molecule has 0 aliphatic carbocycles. The van der Waals surface area contributed by atoms with Crippen LogP contribution < -0.4 is 0 Å². The van der Waals surface area contributed by atoms with Crippen LogP contribution in [0.5, 0.6) is 0 Å². The molecule has 0 saturated carbocycles. The molecule has 1 aromatic rings. The normalized spacial score (nSPS) is 30.2. The molecule has 1 amide bonds.